The van der Waals surface area contributed by atoms with E-state index in [1.165, 1.54) is 25.1 Å². The standard InChI is InChI=1S/C18H30N2O/c1-4-9-19-12-17-5-7-18(8-6-17)21-11-10-20-13-15(2)16(3)14-20/h5-8,15-16,19H,4,9-14H2,1-3H3. The van der Waals surface area contributed by atoms with E-state index in [4.69, 9.17) is 4.74 Å². The van der Waals surface area contributed by atoms with Gasteiger partial charge in [-0.3, -0.25) is 4.90 Å². The summed E-state index contributed by atoms with van der Waals surface area (Å²) in [6.45, 7) is 13.1. The van der Waals surface area contributed by atoms with Gasteiger partial charge in [-0.1, -0.05) is 32.9 Å². The Bertz CT molecular complexity index is 394. The maximum absolute atomic E-state index is 5.86. The predicted molar refractivity (Wildman–Crippen MR) is 88.7 cm³/mol. The van der Waals surface area contributed by atoms with Crippen LogP contribution < -0.4 is 10.1 Å². The minimum absolute atomic E-state index is 0.785. The van der Waals surface area contributed by atoms with Gasteiger partial charge in [0.05, 0.1) is 0 Å². The summed E-state index contributed by atoms with van der Waals surface area (Å²) in [4.78, 5) is 2.51. The second kappa shape index (κ2) is 8.40. The van der Waals surface area contributed by atoms with Crippen molar-refractivity contribution in [3.05, 3.63) is 29.8 Å². The van der Waals surface area contributed by atoms with E-state index < -0.39 is 0 Å². The molecule has 3 heteroatoms. The molecule has 0 bridgehead atoms. The quantitative estimate of drug-likeness (QED) is 0.744. The van der Waals surface area contributed by atoms with Crippen LogP contribution in [0, 0.1) is 11.8 Å². The molecule has 1 heterocycles. The highest BCUT2D eigenvalue weighted by atomic mass is 16.5. The number of nitrogens with zero attached hydrogens (tertiary/aromatic N) is 1. The van der Waals surface area contributed by atoms with Crippen LogP contribution in [-0.2, 0) is 6.54 Å². The minimum Gasteiger partial charge on any atom is -0.492 e. The lowest BCUT2D eigenvalue weighted by molar-refractivity contribution is 0.232. The molecule has 1 aromatic rings. The van der Waals surface area contributed by atoms with Crippen molar-refractivity contribution in [2.24, 2.45) is 11.8 Å². The smallest absolute Gasteiger partial charge is 0.119 e. The van der Waals surface area contributed by atoms with E-state index in [0.29, 0.717) is 0 Å². The first kappa shape index (κ1) is 16.3. The van der Waals surface area contributed by atoms with Crippen LogP contribution >= 0.6 is 0 Å². The average Bonchev–Trinajstić information content (AvgIpc) is 2.80. The third-order valence-electron chi connectivity index (χ3n) is 4.42. The van der Waals surface area contributed by atoms with Crippen LogP contribution in [0.25, 0.3) is 0 Å². The Kier molecular flexibility index (Phi) is 6.52. The van der Waals surface area contributed by atoms with Crippen molar-refractivity contribution in [3.8, 4) is 5.75 Å². The van der Waals surface area contributed by atoms with Gasteiger partial charge >= 0.3 is 0 Å². The zero-order valence-electron chi connectivity index (χ0n) is 13.8. The van der Waals surface area contributed by atoms with Crippen LogP contribution in [0.3, 0.4) is 0 Å². The number of benzene rings is 1. The zero-order valence-corrected chi connectivity index (χ0v) is 13.8. The molecule has 0 radical (unpaired) electrons. The second-order valence-electron chi connectivity index (χ2n) is 6.38. The van der Waals surface area contributed by atoms with Gasteiger partial charge in [0, 0.05) is 26.2 Å². The first-order valence-electron chi connectivity index (χ1n) is 8.34. The van der Waals surface area contributed by atoms with Crippen LogP contribution in [0.4, 0.5) is 0 Å². The van der Waals surface area contributed by atoms with Crippen molar-refractivity contribution in [3.63, 3.8) is 0 Å². The van der Waals surface area contributed by atoms with E-state index in [-0.39, 0.29) is 0 Å². The van der Waals surface area contributed by atoms with Crippen molar-refractivity contribution in [1.29, 1.82) is 0 Å². The molecule has 1 aromatic carbocycles. The van der Waals surface area contributed by atoms with E-state index >= 15 is 0 Å². The molecule has 1 fully saturated rings. The highest BCUT2D eigenvalue weighted by molar-refractivity contribution is 5.27. The van der Waals surface area contributed by atoms with Gasteiger partial charge in [0.2, 0.25) is 0 Å². The Morgan fingerprint density at radius 2 is 1.81 bits per heavy atom. The zero-order chi connectivity index (χ0) is 15.1. The van der Waals surface area contributed by atoms with E-state index in [1.54, 1.807) is 0 Å². The molecule has 0 spiro atoms. The maximum atomic E-state index is 5.86. The number of hydrogen-bond donors (Lipinski definition) is 1. The van der Waals surface area contributed by atoms with Gasteiger partial charge in [-0.05, 0) is 42.5 Å². The van der Waals surface area contributed by atoms with Gasteiger partial charge in [0.25, 0.3) is 0 Å². The van der Waals surface area contributed by atoms with Crippen molar-refractivity contribution in [2.75, 3.05) is 32.8 Å². The SMILES string of the molecule is CCCNCc1ccc(OCCN2CC(C)C(C)C2)cc1. The summed E-state index contributed by atoms with van der Waals surface area (Å²) in [5.74, 6) is 2.62. The Balaban J connectivity index is 1.66. The minimum atomic E-state index is 0.785. The fraction of sp³-hybridized carbons (Fsp3) is 0.667. The lowest BCUT2D eigenvalue weighted by atomic mass is 10.0. The lowest BCUT2D eigenvalue weighted by Gasteiger charge is -2.16. The van der Waals surface area contributed by atoms with Crippen LogP contribution in [0.5, 0.6) is 5.75 Å². The monoisotopic (exact) mass is 290 g/mol. The molecule has 1 saturated heterocycles. The van der Waals surface area contributed by atoms with Gasteiger partial charge in [0.1, 0.15) is 12.4 Å². The number of ether oxygens (including phenoxy) is 1. The number of rotatable bonds is 8. The molecule has 3 nitrogen and oxygen atoms in total. The van der Waals surface area contributed by atoms with Crippen molar-refractivity contribution < 1.29 is 4.74 Å². The van der Waals surface area contributed by atoms with Crippen LogP contribution in [0.15, 0.2) is 24.3 Å². The van der Waals surface area contributed by atoms with Gasteiger partial charge in [-0.15, -0.1) is 0 Å². The van der Waals surface area contributed by atoms with Crippen molar-refractivity contribution in [1.82, 2.24) is 10.2 Å². The van der Waals surface area contributed by atoms with E-state index in [9.17, 15) is 0 Å². The van der Waals surface area contributed by atoms with E-state index in [1.807, 2.05) is 0 Å². The largest absolute Gasteiger partial charge is 0.492 e. The summed E-state index contributed by atoms with van der Waals surface area (Å²) in [6.07, 6.45) is 1.18. The van der Waals surface area contributed by atoms with E-state index in [0.717, 1.165) is 43.8 Å². The fourth-order valence-electron chi connectivity index (χ4n) is 2.84. The highest BCUT2D eigenvalue weighted by Gasteiger charge is 2.25. The summed E-state index contributed by atoms with van der Waals surface area (Å²) in [5.41, 5.74) is 1.32. The molecular weight excluding hydrogens is 260 g/mol. The van der Waals surface area contributed by atoms with Crippen LogP contribution in [0.2, 0.25) is 0 Å². The Morgan fingerprint density at radius 1 is 1.14 bits per heavy atom. The molecule has 2 unspecified atom stereocenters. The molecule has 21 heavy (non-hydrogen) atoms. The van der Waals surface area contributed by atoms with Crippen LogP contribution in [0.1, 0.15) is 32.8 Å². The van der Waals surface area contributed by atoms with Gasteiger partial charge in [0.15, 0.2) is 0 Å². The third-order valence-corrected chi connectivity index (χ3v) is 4.42. The van der Waals surface area contributed by atoms with Crippen molar-refractivity contribution in [2.45, 2.75) is 33.7 Å². The highest BCUT2D eigenvalue weighted by Crippen LogP contribution is 2.21. The lowest BCUT2D eigenvalue weighted by Crippen LogP contribution is -2.26. The number of likely N-dealkylation sites (tertiary alicyclic amines) is 1. The molecule has 0 aromatic heterocycles. The molecule has 1 aliphatic heterocycles. The van der Waals surface area contributed by atoms with Gasteiger partial charge < -0.3 is 10.1 Å². The summed E-state index contributed by atoms with van der Waals surface area (Å²) in [6, 6.07) is 8.46. The predicted octanol–water partition coefficient (Wildman–Crippen LogP) is 3.15. The topological polar surface area (TPSA) is 24.5 Å². The molecule has 2 atom stereocenters. The first-order valence-corrected chi connectivity index (χ1v) is 8.34. The summed E-state index contributed by atoms with van der Waals surface area (Å²) < 4.78 is 5.86. The normalized spacial score (nSPS) is 22.6. The summed E-state index contributed by atoms with van der Waals surface area (Å²) in [5, 5.41) is 3.41. The van der Waals surface area contributed by atoms with Gasteiger partial charge in [-0.25, -0.2) is 0 Å². The first-order chi connectivity index (χ1) is 10.2. The molecule has 2 rings (SSSR count). The van der Waals surface area contributed by atoms with Gasteiger partial charge in [-0.2, -0.15) is 0 Å². The summed E-state index contributed by atoms with van der Waals surface area (Å²) in [7, 11) is 0. The molecule has 0 saturated carbocycles. The third kappa shape index (κ3) is 5.33. The number of hydrogen-bond acceptors (Lipinski definition) is 3. The Morgan fingerprint density at radius 3 is 2.43 bits per heavy atom. The van der Waals surface area contributed by atoms with E-state index in [2.05, 4.69) is 55.3 Å². The summed E-state index contributed by atoms with van der Waals surface area (Å²) >= 11 is 0. The Hall–Kier alpha value is -1.06. The molecule has 1 N–H and O–H groups in total. The second-order valence-corrected chi connectivity index (χ2v) is 6.38. The molecular formula is C18H30N2O. The average molecular weight is 290 g/mol. The molecule has 118 valence electrons. The number of nitrogens with one attached hydrogen (secondary N) is 1. The van der Waals surface area contributed by atoms with Crippen LogP contribution in [-0.4, -0.2) is 37.7 Å². The fourth-order valence-corrected chi connectivity index (χ4v) is 2.84. The molecule has 0 amide bonds. The molecule has 0 aliphatic carbocycles. The van der Waals surface area contributed by atoms with Crippen molar-refractivity contribution >= 4 is 0 Å². The Labute approximate surface area is 129 Å². The maximum Gasteiger partial charge on any atom is 0.119 e. The molecule has 1 aliphatic rings.